The van der Waals surface area contributed by atoms with Gasteiger partial charge in [-0.25, -0.2) is 9.98 Å². The summed E-state index contributed by atoms with van der Waals surface area (Å²) in [5.74, 6) is 3.67. The Bertz CT molecular complexity index is 969. The molecule has 0 bridgehead atoms. The molecule has 1 aromatic heterocycles. The first-order valence-corrected chi connectivity index (χ1v) is 8.93. The van der Waals surface area contributed by atoms with Crippen molar-refractivity contribution < 1.29 is 14.2 Å². The highest BCUT2D eigenvalue weighted by Crippen LogP contribution is 2.27. The second kappa shape index (κ2) is 9.45. The lowest BCUT2D eigenvalue weighted by Gasteiger charge is -2.09. The molecule has 3 aromatic rings. The van der Waals surface area contributed by atoms with E-state index in [1.807, 2.05) is 42.5 Å². The van der Waals surface area contributed by atoms with Crippen molar-refractivity contribution in [3.05, 3.63) is 53.9 Å². The molecule has 3 rings (SSSR count). The number of aromatic amines is 1. The van der Waals surface area contributed by atoms with Crippen molar-refractivity contribution in [1.29, 1.82) is 0 Å². The van der Waals surface area contributed by atoms with Crippen LogP contribution >= 0.6 is 0 Å². The maximum atomic E-state index is 5.95. The Kier molecular flexibility index (Phi) is 6.51. The fraction of sp³-hybridized carbons (Fsp3) is 0.250. The molecule has 29 heavy (non-hydrogen) atoms. The predicted octanol–water partition coefficient (Wildman–Crippen LogP) is 2.10. The summed E-state index contributed by atoms with van der Waals surface area (Å²) in [4.78, 5) is 8.79. The number of rotatable bonds is 8. The summed E-state index contributed by atoms with van der Waals surface area (Å²) in [6.07, 6.45) is 0. The Morgan fingerprint density at radius 1 is 1.03 bits per heavy atom. The van der Waals surface area contributed by atoms with Crippen LogP contribution in [0, 0.1) is 0 Å². The molecule has 0 aliphatic carbocycles. The molecule has 0 radical (unpaired) electrons. The number of guanidine groups is 1. The smallest absolute Gasteiger partial charge is 0.189 e. The number of hydrogen-bond donors (Lipinski definition) is 3. The average molecular weight is 396 g/mol. The molecule has 0 amide bonds. The van der Waals surface area contributed by atoms with Crippen LogP contribution < -0.4 is 25.3 Å². The van der Waals surface area contributed by atoms with E-state index in [9.17, 15) is 0 Å². The molecule has 0 fully saturated rings. The number of ether oxygens (including phenoxy) is 3. The monoisotopic (exact) mass is 396 g/mol. The number of methoxy groups -OCH3 is 3. The SMILES string of the molecule is COc1ccc(-c2n[nH]c(CNC(N)=NCc3ccc(OC)c(OC)c3)n2)cc1. The molecule has 0 unspecified atom stereocenters. The largest absolute Gasteiger partial charge is 0.497 e. The van der Waals surface area contributed by atoms with Crippen LogP contribution in [0.25, 0.3) is 11.4 Å². The topological polar surface area (TPSA) is 120 Å². The molecule has 0 saturated heterocycles. The van der Waals surface area contributed by atoms with Gasteiger partial charge in [0.25, 0.3) is 0 Å². The van der Waals surface area contributed by atoms with Crippen molar-refractivity contribution >= 4 is 5.96 Å². The van der Waals surface area contributed by atoms with Crippen LogP contribution in [0.15, 0.2) is 47.5 Å². The Balaban J connectivity index is 1.56. The zero-order valence-corrected chi connectivity index (χ0v) is 16.6. The van der Waals surface area contributed by atoms with E-state index in [4.69, 9.17) is 19.9 Å². The number of hydrogen-bond acceptors (Lipinski definition) is 6. The third-order valence-electron chi connectivity index (χ3n) is 4.20. The second-order valence-electron chi connectivity index (χ2n) is 6.08. The van der Waals surface area contributed by atoms with Crippen LogP contribution in [-0.2, 0) is 13.1 Å². The zero-order valence-electron chi connectivity index (χ0n) is 16.6. The van der Waals surface area contributed by atoms with Gasteiger partial charge in [-0.05, 0) is 42.0 Å². The zero-order chi connectivity index (χ0) is 20.6. The minimum atomic E-state index is 0.308. The van der Waals surface area contributed by atoms with E-state index in [2.05, 4.69) is 25.5 Å². The summed E-state index contributed by atoms with van der Waals surface area (Å²) in [7, 11) is 4.82. The van der Waals surface area contributed by atoms with Crippen LogP contribution in [0.2, 0.25) is 0 Å². The minimum absolute atomic E-state index is 0.308. The Labute approximate surface area is 168 Å². The third-order valence-corrected chi connectivity index (χ3v) is 4.20. The fourth-order valence-electron chi connectivity index (χ4n) is 2.63. The molecule has 2 aromatic carbocycles. The van der Waals surface area contributed by atoms with E-state index < -0.39 is 0 Å². The number of nitrogens with two attached hydrogens (primary N) is 1. The van der Waals surface area contributed by atoms with Crippen LogP contribution in [0.5, 0.6) is 17.2 Å². The maximum Gasteiger partial charge on any atom is 0.189 e. The van der Waals surface area contributed by atoms with E-state index in [0.717, 1.165) is 16.9 Å². The molecule has 4 N–H and O–H groups in total. The molecule has 9 heteroatoms. The van der Waals surface area contributed by atoms with Crippen LogP contribution in [0.4, 0.5) is 0 Å². The summed E-state index contributed by atoms with van der Waals surface area (Å²) in [5.41, 5.74) is 7.80. The summed E-state index contributed by atoms with van der Waals surface area (Å²) in [6.45, 7) is 0.789. The number of nitrogens with one attached hydrogen (secondary N) is 2. The molecule has 152 valence electrons. The van der Waals surface area contributed by atoms with E-state index in [0.29, 0.717) is 42.2 Å². The van der Waals surface area contributed by atoms with Gasteiger partial charge < -0.3 is 25.3 Å². The maximum absolute atomic E-state index is 5.95. The van der Waals surface area contributed by atoms with Crippen molar-refractivity contribution in [1.82, 2.24) is 20.5 Å². The first-order valence-electron chi connectivity index (χ1n) is 8.93. The summed E-state index contributed by atoms with van der Waals surface area (Å²) < 4.78 is 15.7. The van der Waals surface area contributed by atoms with Crippen molar-refractivity contribution in [3.8, 4) is 28.6 Å². The van der Waals surface area contributed by atoms with Gasteiger partial charge in [0.15, 0.2) is 23.3 Å². The highest BCUT2D eigenvalue weighted by Gasteiger charge is 2.07. The average Bonchev–Trinajstić information content (AvgIpc) is 3.25. The molecule has 9 nitrogen and oxygen atoms in total. The van der Waals surface area contributed by atoms with Crippen LogP contribution in [-0.4, -0.2) is 42.5 Å². The Morgan fingerprint density at radius 3 is 2.48 bits per heavy atom. The van der Waals surface area contributed by atoms with Crippen LogP contribution in [0.3, 0.4) is 0 Å². The lowest BCUT2D eigenvalue weighted by molar-refractivity contribution is 0.354. The van der Waals surface area contributed by atoms with Gasteiger partial charge in [0.05, 0.1) is 34.4 Å². The van der Waals surface area contributed by atoms with Crippen molar-refractivity contribution in [3.63, 3.8) is 0 Å². The lowest BCUT2D eigenvalue weighted by atomic mass is 10.2. The van der Waals surface area contributed by atoms with Gasteiger partial charge in [-0.3, -0.25) is 5.10 Å². The highest BCUT2D eigenvalue weighted by molar-refractivity contribution is 5.77. The fourth-order valence-corrected chi connectivity index (χ4v) is 2.63. The second-order valence-corrected chi connectivity index (χ2v) is 6.08. The first kappa shape index (κ1) is 20.0. The van der Waals surface area contributed by atoms with Crippen molar-refractivity contribution in [2.24, 2.45) is 10.7 Å². The van der Waals surface area contributed by atoms with Crippen molar-refractivity contribution in [2.45, 2.75) is 13.1 Å². The summed E-state index contributed by atoms with van der Waals surface area (Å²) >= 11 is 0. The van der Waals surface area contributed by atoms with Gasteiger partial charge in [0, 0.05) is 5.56 Å². The molecule has 0 spiro atoms. The number of aromatic nitrogens is 3. The minimum Gasteiger partial charge on any atom is -0.497 e. The molecule has 0 aliphatic heterocycles. The summed E-state index contributed by atoms with van der Waals surface area (Å²) in [5, 5.41) is 10.1. The molecule has 0 atom stereocenters. The normalized spacial score (nSPS) is 11.2. The lowest BCUT2D eigenvalue weighted by Crippen LogP contribution is -2.31. The first-order chi connectivity index (χ1) is 14.1. The number of benzene rings is 2. The summed E-state index contributed by atoms with van der Waals surface area (Å²) in [6, 6.07) is 13.1. The predicted molar refractivity (Wildman–Crippen MR) is 110 cm³/mol. The Morgan fingerprint density at radius 2 is 1.79 bits per heavy atom. The standard InChI is InChI=1S/C20H24N6O3/c1-27-15-7-5-14(6-8-15)19-24-18(25-26-19)12-23-20(21)22-11-13-4-9-16(28-2)17(10-13)29-3/h4-10H,11-12H2,1-3H3,(H3,21,22,23)(H,24,25,26). The van der Waals surface area contributed by atoms with E-state index >= 15 is 0 Å². The van der Waals surface area contributed by atoms with Gasteiger partial charge in [-0.15, -0.1) is 0 Å². The number of H-pyrrole nitrogens is 1. The van der Waals surface area contributed by atoms with E-state index in [-0.39, 0.29) is 0 Å². The number of aliphatic imine (C=N–C) groups is 1. The molecule has 0 saturated carbocycles. The van der Waals surface area contributed by atoms with E-state index in [1.165, 1.54) is 0 Å². The highest BCUT2D eigenvalue weighted by atomic mass is 16.5. The van der Waals surface area contributed by atoms with Crippen molar-refractivity contribution in [2.75, 3.05) is 21.3 Å². The third kappa shape index (κ3) is 5.16. The molecule has 0 aliphatic rings. The van der Waals surface area contributed by atoms with Gasteiger partial charge in [-0.2, -0.15) is 5.10 Å². The Hall–Kier alpha value is -3.75. The van der Waals surface area contributed by atoms with Gasteiger partial charge in [0.2, 0.25) is 0 Å². The van der Waals surface area contributed by atoms with Crippen LogP contribution in [0.1, 0.15) is 11.4 Å². The molecular formula is C20H24N6O3. The molecule has 1 heterocycles. The van der Waals surface area contributed by atoms with E-state index in [1.54, 1.807) is 21.3 Å². The van der Waals surface area contributed by atoms with Gasteiger partial charge >= 0.3 is 0 Å². The molecular weight excluding hydrogens is 372 g/mol. The quantitative estimate of drug-likeness (QED) is 0.394. The van der Waals surface area contributed by atoms with Gasteiger partial charge in [-0.1, -0.05) is 6.07 Å². The van der Waals surface area contributed by atoms with Gasteiger partial charge in [0.1, 0.15) is 11.6 Å². The number of nitrogens with zero attached hydrogens (tertiary/aromatic N) is 3.